The van der Waals surface area contributed by atoms with Crippen molar-refractivity contribution in [2.24, 2.45) is 5.73 Å². The molecule has 1 fully saturated rings. The maximum Gasteiger partial charge on any atom is 0.265 e. The second-order valence-electron chi connectivity index (χ2n) is 6.50. The van der Waals surface area contributed by atoms with E-state index < -0.39 is 0 Å². The van der Waals surface area contributed by atoms with Crippen molar-refractivity contribution in [3.05, 3.63) is 52.2 Å². The molecule has 1 aromatic heterocycles. The van der Waals surface area contributed by atoms with E-state index in [9.17, 15) is 14.4 Å². The van der Waals surface area contributed by atoms with Crippen molar-refractivity contribution < 1.29 is 14.4 Å². The molecule has 1 saturated heterocycles. The molecule has 142 valence electrons. The number of carbonyl (C=O) groups is 3. The van der Waals surface area contributed by atoms with Gasteiger partial charge in [-0.2, -0.15) is 0 Å². The van der Waals surface area contributed by atoms with Crippen molar-refractivity contribution in [3.8, 4) is 0 Å². The Bertz CT molecular complexity index is 797. The van der Waals surface area contributed by atoms with Gasteiger partial charge in [0.25, 0.3) is 11.8 Å². The molecular weight excluding hydrogens is 364 g/mol. The average molecular weight is 386 g/mol. The first kappa shape index (κ1) is 19.1. The molecule has 0 aliphatic carbocycles. The third-order valence-corrected chi connectivity index (χ3v) is 5.32. The van der Waals surface area contributed by atoms with Gasteiger partial charge in [0, 0.05) is 30.4 Å². The van der Waals surface area contributed by atoms with E-state index in [1.807, 2.05) is 16.3 Å². The van der Waals surface area contributed by atoms with E-state index >= 15 is 0 Å². The van der Waals surface area contributed by atoms with Crippen molar-refractivity contribution in [2.75, 3.05) is 25.0 Å². The van der Waals surface area contributed by atoms with Crippen molar-refractivity contribution in [1.82, 2.24) is 10.2 Å². The lowest BCUT2D eigenvalue weighted by Gasteiger charge is -2.31. The molecule has 1 aliphatic heterocycles. The number of carbonyl (C=O) groups excluding carboxylic acids is 3. The molecule has 8 heteroatoms. The minimum Gasteiger partial charge on any atom is -0.369 e. The summed E-state index contributed by atoms with van der Waals surface area (Å²) >= 11 is 1.38. The molecule has 0 bridgehead atoms. The third kappa shape index (κ3) is 5.38. The van der Waals surface area contributed by atoms with Gasteiger partial charge < -0.3 is 16.4 Å². The summed E-state index contributed by atoms with van der Waals surface area (Å²) in [7, 11) is 0. The molecule has 3 rings (SSSR count). The fraction of sp³-hybridized carbons (Fsp3) is 0.316. The maximum atomic E-state index is 12.4. The van der Waals surface area contributed by atoms with Gasteiger partial charge >= 0.3 is 0 Å². The molecule has 0 unspecified atom stereocenters. The summed E-state index contributed by atoms with van der Waals surface area (Å²) < 4.78 is 0. The Labute approximate surface area is 161 Å². The lowest BCUT2D eigenvalue weighted by molar-refractivity contribution is -0.119. The van der Waals surface area contributed by atoms with Gasteiger partial charge in [-0.25, -0.2) is 0 Å². The number of piperidine rings is 1. The molecule has 7 nitrogen and oxygen atoms in total. The first-order chi connectivity index (χ1) is 13.0. The van der Waals surface area contributed by atoms with Crippen molar-refractivity contribution >= 4 is 34.7 Å². The Morgan fingerprint density at radius 3 is 2.37 bits per heavy atom. The topological polar surface area (TPSA) is 105 Å². The van der Waals surface area contributed by atoms with Crippen LogP contribution in [-0.2, 0) is 4.79 Å². The van der Waals surface area contributed by atoms with Gasteiger partial charge in [0.2, 0.25) is 5.91 Å². The van der Waals surface area contributed by atoms with E-state index in [1.165, 1.54) is 11.3 Å². The van der Waals surface area contributed by atoms with Gasteiger partial charge in [0.15, 0.2) is 0 Å². The number of anilines is 1. The number of benzene rings is 1. The molecule has 0 saturated carbocycles. The molecule has 27 heavy (non-hydrogen) atoms. The Morgan fingerprint density at radius 1 is 1.07 bits per heavy atom. The summed E-state index contributed by atoms with van der Waals surface area (Å²) in [6, 6.07) is 10.5. The van der Waals surface area contributed by atoms with E-state index in [0.717, 1.165) is 25.9 Å². The van der Waals surface area contributed by atoms with E-state index in [-0.39, 0.29) is 30.3 Å². The molecule has 1 aliphatic rings. The van der Waals surface area contributed by atoms with Crippen LogP contribution in [0.2, 0.25) is 0 Å². The molecule has 3 amide bonds. The van der Waals surface area contributed by atoms with Crippen LogP contribution in [0.3, 0.4) is 0 Å². The first-order valence-corrected chi connectivity index (χ1v) is 9.65. The first-order valence-electron chi connectivity index (χ1n) is 8.77. The number of hydrogen-bond donors (Lipinski definition) is 3. The summed E-state index contributed by atoms with van der Waals surface area (Å²) in [5.41, 5.74) is 6.40. The number of rotatable bonds is 6. The van der Waals surface area contributed by atoms with Crippen LogP contribution in [0.4, 0.5) is 5.69 Å². The highest BCUT2D eigenvalue weighted by molar-refractivity contribution is 7.12. The highest BCUT2D eigenvalue weighted by Crippen LogP contribution is 2.15. The van der Waals surface area contributed by atoms with E-state index in [4.69, 9.17) is 5.73 Å². The van der Waals surface area contributed by atoms with E-state index in [1.54, 1.807) is 30.3 Å². The molecular formula is C19H22N4O3S. The standard InChI is InChI=1S/C19H22N4O3S/c20-17(24)12-23-9-7-15(8-10-23)21-18(25)13-3-5-14(6-4-13)22-19(26)16-2-1-11-27-16/h1-6,11,15H,7-10,12H2,(H2,20,24)(H,21,25)(H,22,26). The number of thiophene rings is 1. The monoisotopic (exact) mass is 386 g/mol. The zero-order valence-corrected chi connectivity index (χ0v) is 15.6. The Balaban J connectivity index is 1.49. The number of amides is 3. The fourth-order valence-electron chi connectivity index (χ4n) is 3.03. The van der Waals surface area contributed by atoms with Gasteiger partial charge in [-0.05, 0) is 48.6 Å². The number of nitrogens with one attached hydrogen (secondary N) is 2. The average Bonchev–Trinajstić information content (AvgIpc) is 3.18. The highest BCUT2D eigenvalue weighted by Gasteiger charge is 2.21. The Kier molecular flexibility index (Phi) is 6.20. The van der Waals surface area contributed by atoms with Crippen LogP contribution in [-0.4, -0.2) is 48.3 Å². The number of primary amides is 1. The predicted molar refractivity (Wildman–Crippen MR) is 105 cm³/mol. The van der Waals surface area contributed by atoms with Crippen LogP contribution in [0.25, 0.3) is 0 Å². The zero-order valence-electron chi connectivity index (χ0n) is 14.8. The zero-order chi connectivity index (χ0) is 19.2. The van der Waals surface area contributed by atoms with Crippen molar-refractivity contribution in [1.29, 1.82) is 0 Å². The number of likely N-dealkylation sites (tertiary alicyclic amines) is 1. The van der Waals surface area contributed by atoms with E-state index in [2.05, 4.69) is 10.6 Å². The van der Waals surface area contributed by atoms with Crippen LogP contribution < -0.4 is 16.4 Å². The lowest BCUT2D eigenvalue weighted by atomic mass is 10.0. The Hall–Kier alpha value is -2.71. The maximum absolute atomic E-state index is 12.4. The molecule has 0 atom stereocenters. The van der Waals surface area contributed by atoms with E-state index in [0.29, 0.717) is 16.1 Å². The lowest BCUT2D eigenvalue weighted by Crippen LogP contribution is -2.46. The molecule has 4 N–H and O–H groups in total. The van der Waals surface area contributed by atoms with Gasteiger partial charge in [-0.3, -0.25) is 19.3 Å². The Morgan fingerprint density at radius 2 is 1.78 bits per heavy atom. The second-order valence-corrected chi connectivity index (χ2v) is 7.45. The SMILES string of the molecule is NC(=O)CN1CCC(NC(=O)c2ccc(NC(=O)c3cccs3)cc2)CC1. The summed E-state index contributed by atoms with van der Waals surface area (Å²) in [5.74, 6) is -0.631. The second kappa shape index (κ2) is 8.79. The number of nitrogens with two attached hydrogens (primary N) is 1. The molecule has 2 aromatic rings. The van der Waals surface area contributed by atoms with Crippen LogP contribution in [0, 0.1) is 0 Å². The molecule has 2 heterocycles. The summed E-state index contributed by atoms with van der Waals surface area (Å²) in [5, 5.41) is 7.68. The predicted octanol–water partition coefficient (Wildman–Crippen LogP) is 1.68. The van der Waals surface area contributed by atoms with Gasteiger partial charge in [0.1, 0.15) is 0 Å². The smallest absolute Gasteiger partial charge is 0.265 e. The van der Waals surface area contributed by atoms with Crippen LogP contribution in [0.5, 0.6) is 0 Å². The third-order valence-electron chi connectivity index (χ3n) is 4.45. The fourth-order valence-corrected chi connectivity index (χ4v) is 3.65. The minimum atomic E-state index is -0.330. The summed E-state index contributed by atoms with van der Waals surface area (Å²) in [6.45, 7) is 1.74. The summed E-state index contributed by atoms with van der Waals surface area (Å²) in [6.07, 6.45) is 1.57. The summed E-state index contributed by atoms with van der Waals surface area (Å²) in [4.78, 5) is 38.0. The largest absolute Gasteiger partial charge is 0.369 e. The quantitative estimate of drug-likeness (QED) is 0.702. The molecule has 1 aromatic carbocycles. The van der Waals surface area contributed by atoms with Crippen molar-refractivity contribution in [3.63, 3.8) is 0 Å². The van der Waals surface area contributed by atoms with Crippen molar-refractivity contribution in [2.45, 2.75) is 18.9 Å². The molecule has 0 spiro atoms. The van der Waals surface area contributed by atoms with Gasteiger partial charge in [-0.1, -0.05) is 6.07 Å². The molecule has 0 radical (unpaired) electrons. The highest BCUT2D eigenvalue weighted by atomic mass is 32.1. The normalized spacial score (nSPS) is 15.3. The van der Waals surface area contributed by atoms with Gasteiger partial charge in [-0.15, -0.1) is 11.3 Å². The minimum absolute atomic E-state index is 0.0832. The van der Waals surface area contributed by atoms with Gasteiger partial charge in [0.05, 0.1) is 11.4 Å². The van der Waals surface area contributed by atoms with Crippen LogP contribution in [0.15, 0.2) is 41.8 Å². The number of nitrogens with zero attached hydrogens (tertiary/aromatic N) is 1. The number of hydrogen-bond acceptors (Lipinski definition) is 5. The van der Waals surface area contributed by atoms with Crippen LogP contribution in [0.1, 0.15) is 32.9 Å². The van der Waals surface area contributed by atoms with Crippen LogP contribution >= 0.6 is 11.3 Å².